The summed E-state index contributed by atoms with van der Waals surface area (Å²) < 4.78 is 13.8. The molecule has 0 fully saturated rings. The van der Waals surface area contributed by atoms with Crippen LogP contribution in [0.2, 0.25) is 5.02 Å². The summed E-state index contributed by atoms with van der Waals surface area (Å²) in [5, 5.41) is 0.410. The zero-order valence-corrected chi connectivity index (χ0v) is 13.1. The van der Waals surface area contributed by atoms with E-state index in [9.17, 15) is 4.39 Å². The van der Waals surface area contributed by atoms with Gasteiger partial charge in [-0.2, -0.15) is 0 Å². The molecule has 0 aromatic heterocycles. The minimum absolute atomic E-state index is 0.306. The summed E-state index contributed by atoms with van der Waals surface area (Å²) in [6.07, 6.45) is 3.73. The molecule has 0 saturated carbocycles. The number of halogens is 2. The van der Waals surface area contributed by atoms with Crippen LogP contribution in [0.15, 0.2) is 42.5 Å². The van der Waals surface area contributed by atoms with Crippen LogP contribution >= 0.6 is 11.6 Å². The van der Waals surface area contributed by atoms with Crippen molar-refractivity contribution in [2.75, 3.05) is 18.0 Å². The number of anilines is 1. The van der Waals surface area contributed by atoms with Crippen LogP contribution in [-0.4, -0.2) is 13.1 Å². The maximum absolute atomic E-state index is 13.8. The highest BCUT2D eigenvalue weighted by Gasteiger charge is 2.05. The van der Waals surface area contributed by atoms with Crippen molar-refractivity contribution >= 4 is 29.4 Å². The van der Waals surface area contributed by atoms with Crippen LogP contribution in [0.3, 0.4) is 0 Å². The summed E-state index contributed by atoms with van der Waals surface area (Å²) in [5.74, 6) is -0.306. The Labute approximate surface area is 130 Å². The minimum Gasteiger partial charge on any atom is -0.372 e. The Morgan fingerprint density at radius 3 is 2.33 bits per heavy atom. The van der Waals surface area contributed by atoms with Gasteiger partial charge < -0.3 is 4.90 Å². The molecule has 0 amide bonds. The number of nitrogens with zero attached hydrogens (tertiary/aromatic N) is 1. The molecule has 21 heavy (non-hydrogen) atoms. The zero-order chi connectivity index (χ0) is 15.2. The van der Waals surface area contributed by atoms with Gasteiger partial charge in [0.15, 0.2) is 0 Å². The van der Waals surface area contributed by atoms with E-state index in [1.165, 1.54) is 6.07 Å². The molecule has 110 valence electrons. The molecular weight excluding hydrogens is 285 g/mol. The van der Waals surface area contributed by atoms with Crippen LogP contribution in [0.25, 0.3) is 12.2 Å². The fourth-order valence-electron chi connectivity index (χ4n) is 2.30. The van der Waals surface area contributed by atoms with Crippen molar-refractivity contribution in [1.82, 2.24) is 0 Å². The van der Waals surface area contributed by atoms with E-state index in [1.54, 1.807) is 18.2 Å². The van der Waals surface area contributed by atoms with E-state index in [1.807, 2.05) is 24.3 Å². The first-order chi connectivity index (χ1) is 10.2. The van der Waals surface area contributed by atoms with Gasteiger partial charge in [0.2, 0.25) is 0 Å². The van der Waals surface area contributed by atoms with Crippen molar-refractivity contribution < 1.29 is 4.39 Å². The number of benzene rings is 2. The normalized spacial score (nSPS) is 11.0. The first-order valence-electron chi connectivity index (χ1n) is 7.12. The van der Waals surface area contributed by atoms with Crippen molar-refractivity contribution in [3.63, 3.8) is 0 Å². The standard InChI is InChI=1S/C18H19ClFN/c1-3-21(4-2)18-8-6-5-7-15(18)10-9-14-11-12-16(19)13-17(14)20/h5-13H,3-4H2,1-2H3. The molecule has 0 spiro atoms. The van der Waals surface area contributed by atoms with Gasteiger partial charge in [0, 0.05) is 29.4 Å². The second-order valence-electron chi connectivity index (χ2n) is 4.73. The lowest BCUT2D eigenvalue weighted by atomic mass is 10.1. The predicted molar refractivity (Wildman–Crippen MR) is 90.3 cm³/mol. The Bertz CT molecular complexity index is 633. The van der Waals surface area contributed by atoms with E-state index < -0.39 is 0 Å². The molecule has 0 atom stereocenters. The lowest BCUT2D eigenvalue weighted by Crippen LogP contribution is -2.22. The molecule has 0 aliphatic carbocycles. The third-order valence-corrected chi connectivity index (χ3v) is 3.68. The van der Waals surface area contributed by atoms with Crippen LogP contribution in [-0.2, 0) is 0 Å². The lowest BCUT2D eigenvalue weighted by molar-refractivity contribution is 0.625. The zero-order valence-electron chi connectivity index (χ0n) is 12.3. The van der Waals surface area contributed by atoms with Gasteiger partial charge in [-0.15, -0.1) is 0 Å². The van der Waals surface area contributed by atoms with Crippen molar-refractivity contribution in [1.29, 1.82) is 0 Å². The average molecular weight is 304 g/mol. The quantitative estimate of drug-likeness (QED) is 0.660. The topological polar surface area (TPSA) is 3.24 Å². The molecule has 0 saturated heterocycles. The molecule has 2 aromatic rings. The monoisotopic (exact) mass is 303 g/mol. The third kappa shape index (κ3) is 3.85. The van der Waals surface area contributed by atoms with Crippen LogP contribution in [0.1, 0.15) is 25.0 Å². The largest absolute Gasteiger partial charge is 0.372 e. The number of hydrogen-bond donors (Lipinski definition) is 0. The van der Waals surface area contributed by atoms with Gasteiger partial charge in [-0.25, -0.2) is 4.39 Å². The van der Waals surface area contributed by atoms with Gasteiger partial charge in [0.05, 0.1) is 0 Å². The first-order valence-corrected chi connectivity index (χ1v) is 7.50. The first kappa shape index (κ1) is 15.6. The Kier molecular flexibility index (Phi) is 5.40. The molecule has 3 heteroatoms. The van der Waals surface area contributed by atoms with E-state index in [-0.39, 0.29) is 5.82 Å². The highest BCUT2D eigenvalue weighted by atomic mass is 35.5. The van der Waals surface area contributed by atoms with Crippen molar-refractivity contribution in [3.05, 3.63) is 64.4 Å². The van der Waals surface area contributed by atoms with Gasteiger partial charge in [0.1, 0.15) is 5.82 Å². The fourth-order valence-corrected chi connectivity index (χ4v) is 2.46. The van der Waals surface area contributed by atoms with Crippen LogP contribution in [0, 0.1) is 5.82 Å². The highest BCUT2D eigenvalue weighted by Crippen LogP contribution is 2.23. The summed E-state index contributed by atoms with van der Waals surface area (Å²) in [5.41, 5.74) is 2.78. The maximum atomic E-state index is 13.8. The highest BCUT2D eigenvalue weighted by molar-refractivity contribution is 6.30. The van der Waals surface area contributed by atoms with Gasteiger partial charge in [0.25, 0.3) is 0 Å². The molecule has 2 rings (SSSR count). The van der Waals surface area contributed by atoms with Crippen molar-refractivity contribution in [3.8, 4) is 0 Å². The summed E-state index contributed by atoms with van der Waals surface area (Å²) >= 11 is 5.77. The summed E-state index contributed by atoms with van der Waals surface area (Å²) in [7, 11) is 0. The molecule has 0 aliphatic heterocycles. The Balaban J connectivity index is 2.33. The predicted octanol–water partition coefficient (Wildman–Crippen LogP) is 5.50. The maximum Gasteiger partial charge on any atom is 0.131 e. The Morgan fingerprint density at radius 2 is 1.67 bits per heavy atom. The number of para-hydroxylation sites is 1. The van der Waals surface area contributed by atoms with Crippen LogP contribution < -0.4 is 4.90 Å². The van der Waals surface area contributed by atoms with E-state index in [0.717, 1.165) is 24.3 Å². The molecule has 1 nitrogen and oxygen atoms in total. The Hall–Kier alpha value is -1.80. The summed E-state index contributed by atoms with van der Waals surface area (Å²) in [6.45, 7) is 6.14. The molecule has 0 bridgehead atoms. The smallest absolute Gasteiger partial charge is 0.131 e. The Morgan fingerprint density at radius 1 is 1.00 bits per heavy atom. The summed E-state index contributed by atoms with van der Waals surface area (Å²) in [4.78, 5) is 2.28. The molecule has 0 radical (unpaired) electrons. The second-order valence-corrected chi connectivity index (χ2v) is 5.17. The van der Waals surface area contributed by atoms with Gasteiger partial charge in [-0.3, -0.25) is 0 Å². The molecule has 0 unspecified atom stereocenters. The molecule has 0 aliphatic rings. The third-order valence-electron chi connectivity index (χ3n) is 3.45. The van der Waals surface area contributed by atoms with Crippen molar-refractivity contribution in [2.24, 2.45) is 0 Å². The molecule has 2 aromatic carbocycles. The van der Waals surface area contributed by atoms with Crippen LogP contribution in [0.5, 0.6) is 0 Å². The van der Waals surface area contributed by atoms with Gasteiger partial charge in [-0.1, -0.05) is 48.0 Å². The molecule has 0 heterocycles. The van der Waals surface area contributed by atoms with Crippen molar-refractivity contribution in [2.45, 2.75) is 13.8 Å². The second kappa shape index (κ2) is 7.28. The van der Waals surface area contributed by atoms with E-state index in [4.69, 9.17) is 11.6 Å². The van der Waals surface area contributed by atoms with E-state index >= 15 is 0 Å². The van der Waals surface area contributed by atoms with Gasteiger partial charge in [-0.05, 0) is 37.6 Å². The SMILES string of the molecule is CCN(CC)c1ccccc1C=Cc1ccc(Cl)cc1F. The summed E-state index contributed by atoms with van der Waals surface area (Å²) in [6, 6.07) is 12.9. The number of hydrogen-bond acceptors (Lipinski definition) is 1. The van der Waals surface area contributed by atoms with E-state index in [2.05, 4.69) is 24.8 Å². The van der Waals surface area contributed by atoms with E-state index in [0.29, 0.717) is 10.6 Å². The fraction of sp³-hybridized carbons (Fsp3) is 0.222. The molecular formula is C18H19ClFN. The van der Waals surface area contributed by atoms with Gasteiger partial charge >= 0.3 is 0 Å². The van der Waals surface area contributed by atoms with Crippen LogP contribution in [0.4, 0.5) is 10.1 Å². The molecule has 0 N–H and O–H groups in total. The minimum atomic E-state index is -0.306. The number of rotatable bonds is 5. The lowest BCUT2D eigenvalue weighted by Gasteiger charge is -2.23. The average Bonchev–Trinajstić information content (AvgIpc) is 2.49.